The average molecular weight is 394 g/mol. The predicted molar refractivity (Wildman–Crippen MR) is 107 cm³/mol. The summed E-state index contributed by atoms with van der Waals surface area (Å²) < 4.78 is 10.1. The number of nitro benzene ring substituents is 1. The van der Waals surface area contributed by atoms with Crippen LogP contribution in [0.15, 0.2) is 60.7 Å². The lowest BCUT2D eigenvalue weighted by Crippen LogP contribution is -2.30. The van der Waals surface area contributed by atoms with Crippen LogP contribution < -0.4 is 10.1 Å². The SMILES string of the molecule is COC(=O)c1ccc(O[C@@H](C)C(=O)Nc2ccc3ccccc3c2)c([N+](=O)[O-])c1. The molecule has 0 saturated carbocycles. The topological polar surface area (TPSA) is 108 Å². The molecule has 0 aliphatic carbocycles. The number of anilines is 1. The zero-order valence-electron chi connectivity index (χ0n) is 15.7. The molecule has 0 bridgehead atoms. The fourth-order valence-electron chi connectivity index (χ4n) is 2.76. The number of nitro groups is 1. The lowest BCUT2D eigenvalue weighted by Gasteiger charge is -2.15. The maximum atomic E-state index is 12.5. The highest BCUT2D eigenvalue weighted by atomic mass is 16.6. The van der Waals surface area contributed by atoms with Crippen molar-refractivity contribution in [1.29, 1.82) is 0 Å². The highest BCUT2D eigenvalue weighted by molar-refractivity contribution is 5.97. The zero-order chi connectivity index (χ0) is 21.0. The van der Waals surface area contributed by atoms with Crippen LogP contribution in [-0.2, 0) is 9.53 Å². The molecular weight excluding hydrogens is 376 g/mol. The van der Waals surface area contributed by atoms with Gasteiger partial charge in [-0.15, -0.1) is 0 Å². The van der Waals surface area contributed by atoms with Crippen molar-refractivity contribution in [2.45, 2.75) is 13.0 Å². The van der Waals surface area contributed by atoms with Gasteiger partial charge < -0.3 is 14.8 Å². The normalized spacial score (nSPS) is 11.5. The second kappa shape index (κ2) is 8.39. The van der Waals surface area contributed by atoms with Crippen molar-refractivity contribution in [2.75, 3.05) is 12.4 Å². The largest absolute Gasteiger partial charge is 0.474 e. The fraction of sp³-hybridized carbons (Fsp3) is 0.143. The molecule has 0 aliphatic heterocycles. The van der Waals surface area contributed by atoms with E-state index in [0.29, 0.717) is 5.69 Å². The number of ether oxygens (including phenoxy) is 2. The van der Waals surface area contributed by atoms with Crippen LogP contribution in [0.2, 0.25) is 0 Å². The molecule has 0 radical (unpaired) electrons. The second-order valence-corrected chi connectivity index (χ2v) is 6.24. The number of hydrogen-bond donors (Lipinski definition) is 1. The molecule has 1 N–H and O–H groups in total. The van der Waals surface area contributed by atoms with E-state index in [0.717, 1.165) is 16.8 Å². The van der Waals surface area contributed by atoms with Gasteiger partial charge in [-0.1, -0.05) is 30.3 Å². The number of fused-ring (bicyclic) bond motifs is 1. The van der Waals surface area contributed by atoms with Gasteiger partial charge in [0.2, 0.25) is 0 Å². The summed E-state index contributed by atoms with van der Waals surface area (Å²) in [6.45, 7) is 1.48. The molecule has 1 atom stereocenters. The lowest BCUT2D eigenvalue weighted by atomic mass is 10.1. The standard InChI is InChI=1S/C21H18N2O6/c1-13(20(24)22-17-9-7-14-5-3-4-6-15(14)11-17)29-19-10-8-16(21(25)28-2)12-18(19)23(26)27/h3-13H,1-2H3,(H,22,24)/t13-/m0/s1. The first-order valence-electron chi connectivity index (χ1n) is 8.72. The maximum absolute atomic E-state index is 12.5. The molecule has 0 saturated heterocycles. The van der Waals surface area contributed by atoms with Crippen LogP contribution in [0.1, 0.15) is 17.3 Å². The lowest BCUT2D eigenvalue weighted by molar-refractivity contribution is -0.386. The van der Waals surface area contributed by atoms with Gasteiger partial charge in [-0.3, -0.25) is 14.9 Å². The summed E-state index contributed by atoms with van der Waals surface area (Å²) in [5.74, 6) is -1.29. The summed E-state index contributed by atoms with van der Waals surface area (Å²) >= 11 is 0. The van der Waals surface area contributed by atoms with E-state index >= 15 is 0 Å². The first-order chi connectivity index (χ1) is 13.9. The van der Waals surface area contributed by atoms with Crippen LogP contribution in [0.4, 0.5) is 11.4 Å². The highest BCUT2D eigenvalue weighted by Crippen LogP contribution is 2.29. The molecule has 3 aromatic carbocycles. The molecule has 0 fully saturated rings. The third-order valence-corrected chi connectivity index (χ3v) is 4.27. The van der Waals surface area contributed by atoms with Gasteiger partial charge in [0, 0.05) is 11.8 Å². The van der Waals surface area contributed by atoms with Crippen molar-refractivity contribution in [3.63, 3.8) is 0 Å². The molecule has 8 nitrogen and oxygen atoms in total. The number of carbonyl (C=O) groups is 2. The van der Waals surface area contributed by atoms with Crippen LogP contribution in [0.25, 0.3) is 10.8 Å². The third kappa shape index (κ3) is 4.49. The van der Waals surface area contributed by atoms with E-state index in [1.165, 1.54) is 26.2 Å². The summed E-state index contributed by atoms with van der Waals surface area (Å²) in [4.78, 5) is 34.7. The van der Waals surface area contributed by atoms with E-state index in [1.807, 2.05) is 36.4 Å². The van der Waals surface area contributed by atoms with E-state index in [1.54, 1.807) is 6.07 Å². The van der Waals surface area contributed by atoms with E-state index in [4.69, 9.17) is 4.74 Å². The van der Waals surface area contributed by atoms with Gasteiger partial charge in [-0.05, 0) is 42.0 Å². The molecule has 3 aromatic rings. The summed E-state index contributed by atoms with van der Waals surface area (Å²) in [6, 6.07) is 16.8. The number of esters is 1. The van der Waals surface area contributed by atoms with Crippen molar-refractivity contribution in [3.8, 4) is 5.75 Å². The van der Waals surface area contributed by atoms with Crippen molar-refractivity contribution in [3.05, 3.63) is 76.3 Å². The monoisotopic (exact) mass is 394 g/mol. The van der Waals surface area contributed by atoms with E-state index in [9.17, 15) is 19.7 Å². The Kier molecular flexibility index (Phi) is 5.73. The van der Waals surface area contributed by atoms with Gasteiger partial charge >= 0.3 is 11.7 Å². The predicted octanol–water partition coefficient (Wildman–Crippen LogP) is 3.94. The Morgan fingerprint density at radius 2 is 1.76 bits per heavy atom. The highest BCUT2D eigenvalue weighted by Gasteiger charge is 2.23. The fourth-order valence-corrected chi connectivity index (χ4v) is 2.76. The number of nitrogens with zero attached hydrogens (tertiary/aromatic N) is 1. The number of rotatable bonds is 6. The number of carbonyl (C=O) groups excluding carboxylic acids is 2. The molecule has 0 spiro atoms. The Morgan fingerprint density at radius 3 is 2.45 bits per heavy atom. The van der Waals surface area contributed by atoms with Crippen LogP contribution in [0.5, 0.6) is 5.75 Å². The smallest absolute Gasteiger partial charge is 0.338 e. The summed E-state index contributed by atoms with van der Waals surface area (Å²) in [7, 11) is 1.18. The van der Waals surface area contributed by atoms with Gasteiger partial charge in [0.1, 0.15) is 0 Å². The summed E-state index contributed by atoms with van der Waals surface area (Å²) in [5, 5.41) is 16.1. The van der Waals surface area contributed by atoms with Crippen molar-refractivity contribution < 1.29 is 24.0 Å². The van der Waals surface area contributed by atoms with Crippen LogP contribution in [-0.4, -0.2) is 30.0 Å². The van der Waals surface area contributed by atoms with E-state index in [-0.39, 0.29) is 11.3 Å². The van der Waals surface area contributed by atoms with Crippen molar-refractivity contribution in [2.24, 2.45) is 0 Å². The van der Waals surface area contributed by atoms with E-state index < -0.39 is 28.6 Å². The molecule has 1 amide bonds. The minimum atomic E-state index is -1.01. The second-order valence-electron chi connectivity index (χ2n) is 6.24. The number of amides is 1. The minimum absolute atomic E-state index is 0.0137. The first-order valence-corrected chi connectivity index (χ1v) is 8.72. The van der Waals surface area contributed by atoms with Gasteiger partial charge in [-0.25, -0.2) is 4.79 Å². The van der Waals surface area contributed by atoms with Crippen molar-refractivity contribution in [1.82, 2.24) is 0 Å². The molecule has 29 heavy (non-hydrogen) atoms. The molecule has 0 aromatic heterocycles. The van der Waals surface area contributed by atoms with Crippen LogP contribution >= 0.6 is 0 Å². The van der Waals surface area contributed by atoms with Crippen LogP contribution in [0.3, 0.4) is 0 Å². The van der Waals surface area contributed by atoms with E-state index in [2.05, 4.69) is 10.1 Å². The third-order valence-electron chi connectivity index (χ3n) is 4.27. The van der Waals surface area contributed by atoms with Gasteiger partial charge in [0.25, 0.3) is 5.91 Å². The Hall–Kier alpha value is -3.94. The summed E-state index contributed by atoms with van der Waals surface area (Å²) in [6.07, 6.45) is -1.01. The molecule has 148 valence electrons. The van der Waals surface area contributed by atoms with Crippen molar-refractivity contribution >= 4 is 34.0 Å². The Labute approximate surface area is 166 Å². The summed E-state index contributed by atoms with van der Waals surface area (Å²) in [5.41, 5.74) is 0.165. The molecule has 0 heterocycles. The Balaban J connectivity index is 1.76. The minimum Gasteiger partial charge on any atom is -0.474 e. The molecular formula is C21H18N2O6. The molecule has 3 rings (SSSR count). The number of methoxy groups -OCH3 is 1. The van der Waals surface area contributed by atoms with Crippen LogP contribution in [0, 0.1) is 10.1 Å². The maximum Gasteiger partial charge on any atom is 0.338 e. The first kappa shape index (κ1) is 19.8. The van der Waals surface area contributed by atoms with Gasteiger partial charge in [-0.2, -0.15) is 0 Å². The average Bonchev–Trinajstić information content (AvgIpc) is 2.73. The number of benzene rings is 3. The van der Waals surface area contributed by atoms with Gasteiger partial charge in [0.05, 0.1) is 17.6 Å². The molecule has 0 aliphatic rings. The number of hydrogen-bond acceptors (Lipinski definition) is 6. The molecule has 8 heteroatoms. The van der Waals surface area contributed by atoms with Gasteiger partial charge in [0.15, 0.2) is 11.9 Å². The quantitative estimate of drug-likeness (QED) is 0.385. The zero-order valence-corrected chi connectivity index (χ0v) is 15.7. The Morgan fingerprint density at radius 1 is 1.03 bits per heavy atom. The molecule has 0 unspecified atom stereocenters. The Bertz CT molecular complexity index is 1100. The number of nitrogens with one attached hydrogen (secondary N) is 1.